The van der Waals surface area contributed by atoms with Crippen LogP contribution in [0.1, 0.15) is 54.9 Å². The predicted molar refractivity (Wildman–Crippen MR) is 110 cm³/mol. The molecule has 0 saturated heterocycles. The van der Waals surface area contributed by atoms with Crippen LogP contribution in [0, 0.1) is 11.8 Å². The van der Waals surface area contributed by atoms with Crippen LogP contribution in [0.2, 0.25) is 0 Å². The molecule has 1 heterocycles. The Morgan fingerprint density at radius 1 is 1.17 bits per heavy atom. The molecule has 2 fully saturated rings. The van der Waals surface area contributed by atoms with Gasteiger partial charge in [0.05, 0.1) is 6.54 Å². The monoisotopic (exact) mass is 398 g/mol. The molecule has 4 N–H and O–H groups in total. The van der Waals surface area contributed by atoms with Crippen molar-refractivity contribution in [1.82, 2.24) is 10.6 Å². The number of carbonyl (C=O) groups excluding carboxylic acids is 3. The highest BCUT2D eigenvalue weighted by molar-refractivity contribution is 6.00. The fourth-order valence-corrected chi connectivity index (χ4v) is 5.36. The van der Waals surface area contributed by atoms with Gasteiger partial charge in [-0.25, -0.2) is 0 Å². The van der Waals surface area contributed by atoms with Gasteiger partial charge in [0.2, 0.25) is 11.8 Å². The Kier molecular flexibility index (Phi) is 5.58. The average molecular weight is 399 g/mol. The summed E-state index contributed by atoms with van der Waals surface area (Å²) in [6, 6.07) is 6.03. The first-order valence-corrected chi connectivity index (χ1v) is 10.7. The van der Waals surface area contributed by atoms with Crippen LogP contribution in [0.25, 0.3) is 0 Å². The zero-order chi connectivity index (χ0) is 20.5. The lowest BCUT2D eigenvalue weighted by Crippen LogP contribution is -2.53. The molecule has 0 radical (unpaired) electrons. The highest BCUT2D eigenvalue weighted by Gasteiger charge is 2.40. The number of fused-ring (bicyclic) bond motifs is 3. The number of hydrogen-bond acceptors (Lipinski definition) is 4. The Hall–Kier alpha value is -2.41. The molecular formula is C22H30N4O3. The van der Waals surface area contributed by atoms with E-state index in [1.165, 1.54) is 13.3 Å². The number of benzene rings is 1. The van der Waals surface area contributed by atoms with E-state index >= 15 is 0 Å². The van der Waals surface area contributed by atoms with Gasteiger partial charge in [-0.2, -0.15) is 0 Å². The van der Waals surface area contributed by atoms with E-state index in [-0.39, 0.29) is 36.3 Å². The number of hydrogen-bond donors (Lipinski definition) is 3. The van der Waals surface area contributed by atoms with E-state index < -0.39 is 0 Å². The standard InChI is InChI=1S/C22H30N4O3/c1-13(27)24-12-20(28)26-8-7-14-9-17(5-6-19(14)26)22(29)25-21-15-3-2-4-16(21)11-18(23)10-15/h5-6,9,15-16,18,21H,2-4,7-8,10-12,23H2,1H3,(H,24,27)(H,25,29). The van der Waals surface area contributed by atoms with Crippen molar-refractivity contribution in [3.8, 4) is 0 Å². The molecule has 2 unspecified atom stereocenters. The third kappa shape index (κ3) is 4.15. The summed E-state index contributed by atoms with van der Waals surface area (Å²) in [5, 5.41) is 5.84. The molecular weight excluding hydrogens is 368 g/mol. The maximum Gasteiger partial charge on any atom is 0.251 e. The van der Waals surface area contributed by atoms with Gasteiger partial charge in [-0.15, -0.1) is 0 Å². The molecule has 2 aliphatic carbocycles. The van der Waals surface area contributed by atoms with Crippen molar-refractivity contribution < 1.29 is 14.4 Å². The van der Waals surface area contributed by atoms with Crippen LogP contribution >= 0.6 is 0 Å². The minimum atomic E-state index is -0.224. The summed E-state index contributed by atoms with van der Waals surface area (Å²) in [6.07, 6.45) is 6.23. The quantitative estimate of drug-likeness (QED) is 0.712. The van der Waals surface area contributed by atoms with E-state index in [4.69, 9.17) is 5.73 Å². The van der Waals surface area contributed by atoms with E-state index in [0.29, 0.717) is 30.4 Å². The third-order valence-electron chi connectivity index (χ3n) is 6.70. The van der Waals surface area contributed by atoms with Crippen molar-refractivity contribution >= 4 is 23.4 Å². The molecule has 7 heteroatoms. The smallest absolute Gasteiger partial charge is 0.251 e. The van der Waals surface area contributed by atoms with Gasteiger partial charge < -0.3 is 21.3 Å². The van der Waals surface area contributed by atoms with Crippen molar-refractivity contribution in [1.29, 1.82) is 0 Å². The molecule has 7 nitrogen and oxygen atoms in total. The predicted octanol–water partition coefficient (Wildman–Crippen LogP) is 1.35. The van der Waals surface area contributed by atoms with Gasteiger partial charge in [-0.1, -0.05) is 6.42 Å². The second-order valence-electron chi connectivity index (χ2n) is 8.73. The summed E-state index contributed by atoms with van der Waals surface area (Å²) in [4.78, 5) is 38.0. The van der Waals surface area contributed by atoms with Crippen molar-refractivity contribution in [2.24, 2.45) is 17.6 Å². The minimum absolute atomic E-state index is 0.0103. The van der Waals surface area contributed by atoms with Crippen LogP contribution in [0.5, 0.6) is 0 Å². The number of anilines is 1. The van der Waals surface area contributed by atoms with Crippen LogP contribution < -0.4 is 21.3 Å². The van der Waals surface area contributed by atoms with Crippen LogP contribution in [0.3, 0.4) is 0 Å². The average Bonchev–Trinajstić information content (AvgIpc) is 3.10. The van der Waals surface area contributed by atoms with E-state index in [2.05, 4.69) is 10.6 Å². The molecule has 3 aliphatic rings. The Morgan fingerprint density at radius 3 is 2.59 bits per heavy atom. The van der Waals surface area contributed by atoms with Crippen LogP contribution in [-0.4, -0.2) is 42.9 Å². The number of amides is 3. The summed E-state index contributed by atoms with van der Waals surface area (Å²) in [5.74, 6) is 0.574. The lowest BCUT2D eigenvalue weighted by molar-refractivity contribution is -0.123. The van der Waals surface area contributed by atoms with E-state index in [1.54, 1.807) is 11.0 Å². The Labute approximate surface area is 171 Å². The lowest BCUT2D eigenvalue weighted by atomic mass is 9.67. The topological polar surface area (TPSA) is 105 Å². The first kappa shape index (κ1) is 19.9. The number of nitrogens with zero attached hydrogens (tertiary/aromatic N) is 1. The summed E-state index contributed by atoms with van der Waals surface area (Å²) >= 11 is 0. The molecule has 0 spiro atoms. The van der Waals surface area contributed by atoms with Crippen molar-refractivity contribution in [2.45, 2.75) is 57.5 Å². The maximum atomic E-state index is 12.9. The van der Waals surface area contributed by atoms with Crippen LogP contribution in [0.15, 0.2) is 18.2 Å². The van der Waals surface area contributed by atoms with Gasteiger partial charge in [-0.3, -0.25) is 14.4 Å². The molecule has 29 heavy (non-hydrogen) atoms. The summed E-state index contributed by atoms with van der Waals surface area (Å²) in [5.41, 5.74) is 8.67. The van der Waals surface area contributed by atoms with Crippen LogP contribution in [-0.2, 0) is 16.0 Å². The van der Waals surface area contributed by atoms with Gasteiger partial charge in [0.15, 0.2) is 0 Å². The van der Waals surface area contributed by atoms with E-state index in [1.807, 2.05) is 12.1 Å². The number of nitrogens with two attached hydrogens (primary N) is 1. The molecule has 1 aliphatic heterocycles. The molecule has 4 rings (SSSR count). The second kappa shape index (κ2) is 8.14. The minimum Gasteiger partial charge on any atom is -0.349 e. The summed E-state index contributed by atoms with van der Waals surface area (Å²) in [7, 11) is 0. The Morgan fingerprint density at radius 2 is 1.90 bits per heavy atom. The zero-order valence-corrected chi connectivity index (χ0v) is 16.9. The maximum absolute atomic E-state index is 12.9. The zero-order valence-electron chi connectivity index (χ0n) is 16.9. The number of rotatable bonds is 4. The van der Waals surface area contributed by atoms with Crippen LogP contribution in [0.4, 0.5) is 5.69 Å². The third-order valence-corrected chi connectivity index (χ3v) is 6.70. The summed E-state index contributed by atoms with van der Waals surface area (Å²) in [6.45, 7) is 1.96. The van der Waals surface area contributed by atoms with Gasteiger partial charge in [0.1, 0.15) is 0 Å². The highest BCUT2D eigenvalue weighted by atomic mass is 16.2. The summed E-state index contributed by atoms with van der Waals surface area (Å²) < 4.78 is 0. The Bertz CT molecular complexity index is 810. The largest absolute Gasteiger partial charge is 0.349 e. The fraction of sp³-hybridized carbons (Fsp3) is 0.591. The van der Waals surface area contributed by atoms with Gasteiger partial charge in [0.25, 0.3) is 5.91 Å². The molecule has 1 aromatic rings. The van der Waals surface area contributed by atoms with Gasteiger partial charge in [-0.05, 0) is 67.7 Å². The van der Waals surface area contributed by atoms with Crippen molar-refractivity contribution in [2.75, 3.05) is 18.0 Å². The highest BCUT2D eigenvalue weighted by Crippen LogP contribution is 2.40. The second-order valence-corrected chi connectivity index (χ2v) is 8.73. The molecule has 3 amide bonds. The molecule has 1 aromatic carbocycles. The normalized spacial score (nSPS) is 27.9. The van der Waals surface area contributed by atoms with Crippen molar-refractivity contribution in [3.63, 3.8) is 0 Å². The first-order valence-electron chi connectivity index (χ1n) is 10.7. The Balaban J connectivity index is 1.43. The molecule has 2 atom stereocenters. The fourth-order valence-electron chi connectivity index (χ4n) is 5.36. The SMILES string of the molecule is CC(=O)NCC(=O)N1CCc2cc(C(=O)NC3C4CCCC3CC(N)C4)ccc21. The number of nitrogens with one attached hydrogen (secondary N) is 2. The van der Waals surface area contributed by atoms with Gasteiger partial charge >= 0.3 is 0 Å². The molecule has 0 aromatic heterocycles. The van der Waals surface area contributed by atoms with Gasteiger partial charge in [0, 0.05) is 36.8 Å². The lowest BCUT2D eigenvalue weighted by Gasteiger charge is -2.45. The van der Waals surface area contributed by atoms with E-state index in [0.717, 1.165) is 36.9 Å². The molecule has 2 bridgehead atoms. The molecule has 156 valence electrons. The molecule has 2 saturated carbocycles. The first-order chi connectivity index (χ1) is 13.9. The van der Waals surface area contributed by atoms with Crippen molar-refractivity contribution in [3.05, 3.63) is 29.3 Å². The number of carbonyl (C=O) groups is 3. The van der Waals surface area contributed by atoms with E-state index in [9.17, 15) is 14.4 Å².